The number of hydrogen-bond acceptors (Lipinski definition) is 1. The Morgan fingerprint density at radius 3 is 3.27 bits per heavy atom. The average molecular weight is 150 g/mol. The van der Waals surface area contributed by atoms with E-state index in [0.717, 1.165) is 26.1 Å². The molecule has 0 fully saturated rings. The van der Waals surface area contributed by atoms with Crippen molar-refractivity contribution >= 4 is 0 Å². The molecule has 0 saturated carbocycles. The molecule has 11 heavy (non-hydrogen) atoms. The Bertz CT molecular complexity index is 227. The third kappa shape index (κ3) is 1.18. The Hall–Kier alpha value is -0.760. The summed E-state index contributed by atoms with van der Waals surface area (Å²) in [5, 5.41) is 3.36. The van der Waals surface area contributed by atoms with Crippen molar-refractivity contribution < 1.29 is 0 Å². The standard InChI is InChI=1S/C9H14N2/c1-2-8-5-9-6-10-3-4-11(9)7-8/h5,7,10H,2-4,6H2,1H3. The van der Waals surface area contributed by atoms with Crippen LogP contribution in [0.4, 0.5) is 0 Å². The molecule has 0 unspecified atom stereocenters. The minimum absolute atomic E-state index is 1.04. The first-order valence-corrected chi connectivity index (χ1v) is 4.29. The topological polar surface area (TPSA) is 17.0 Å². The number of aryl methyl sites for hydroxylation is 1. The van der Waals surface area contributed by atoms with Gasteiger partial charge in [0.05, 0.1) is 0 Å². The Labute approximate surface area is 67.2 Å². The first kappa shape index (κ1) is 6.92. The number of hydrogen-bond donors (Lipinski definition) is 1. The minimum Gasteiger partial charge on any atom is -0.349 e. The normalized spacial score (nSPS) is 16.5. The highest BCUT2D eigenvalue weighted by Gasteiger charge is 2.07. The SMILES string of the molecule is CCc1cc2n(c1)CCNC2. The Kier molecular flexibility index (Phi) is 1.70. The second kappa shape index (κ2) is 2.70. The van der Waals surface area contributed by atoms with Gasteiger partial charge < -0.3 is 9.88 Å². The first-order chi connectivity index (χ1) is 5.40. The van der Waals surface area contributed by atoms with Crippen molar-refractivity contribution in [3.05, 3.63) is 23.5 Å². The van der Waals surface area contributed by atoms with Gasteiger partial charge in [-0.2, -0.15) is 0 Å². The Morgan fingerprint density at radius 2 is 2.55 bits per heavy atom. The molecule has 2 rings (SSSR count). The molecule has 1 aliphatic heterocycles. The summed E-state index contributed by atoms with van der Waals surface area (Å²) < 4.78 is 2.36. The third-order valence-electron chi connectivity index (χ3n) is 2.29. The van der Waals surface area contributed by atoms with E-state index in [2.05, 4.69) is 29.1 Å². The number of aromatic nitrogens is 1. The van der Waals surface area contributed by atoms with Crippen LogP contribution in [0.3, 0.4) is 0 Å². The Balaban J connectivity index is 2.32. The molecule has 2 nitrogen and oxygen atoms in total. The van der Waals surface area contributed by atoms with Gasteiger partial charge in [-0.15, -0.1) is 0 Å². The van der Waals surface area contributed by atoms with Crippen molar-refractivity contribution in [1.82, 2.24) is 9.88 Å². The van der Waals surface area contributed by atoms with Gasteiger partial charge in [0.25, 0.3) is 0 Å². The lowest BCUT2D eigenvalue weighted by molar-refractivity contribution is 0.516. The fraction of sp³-hybridized carbons (Fsp3) is 0.556. The van der Waals surface area contributed by atoms with Crippen molar-refractivity contribution in [2.75, 3.05) is 6.54 Å². The molecule has 0 atom stereocenters. The van der Waals surface area contributed by atoms with Crippen LogP contribution in [0.15, 0.2) is 12.3 Å². The van der Waals surface area contributed by atoms with Crippen molar-refractivity contribution in [1.29, 1.82) is 0 Å². The van der Waals surface area contributed by atoms with E-state index in [1.165, 1.54) is 11.3 Å². The van der Waals surface area contributed by atoms with Crippen molar-refractivity contribution in [2.45, 2.75) is 26.4 Å². The number of nitrogens with one attached hydrogen (secondary N) is 1. The summed E-state index contributed by atoms with van der Waals surface area (Å²) in [7, 11) is 0. The monoisotopic (exact) mass is 150 g/mol. The molecule has 2 heteroatoms. The highest BCUT2D eigenvalue weighted by molar-refractivity contribution is 5.19. The first-order valence-electron chi connectivity index (χ1n) is 4.29. The molecule has 0 spiro atoms. The zero-order valence-electron chi connectivity index (χ0n) is 6.93. The van der Waals surface area contributed by atoms with Gasteiger partial charge in [0.15, 0.2) is 0 Å². The van der Waals surface area contributed by atoms with E-state index in [-0.39, 0.29) is 0 Å². The van der Waals surface area contributed by atoms with E-state index < -0.39 is 0 Å². The summed E-state index contributed by atoms with van der Waals surface area (Å²) >= 11 is 0. The lowest BCUT2D eigenvalue weighted by Gasteiger charge is -2.15. The van der Waals surface area contributed by atoms with Gasteiger partial charge in [-0.25, -0.2) is 0 Å². The lowest BCUT2D eigenvalue weighted by Crippen LogP contribution is -2.27. The number of rotatable bonds is 1. The number of fused-ring (bicyclic) bond motifs is 1. The molecule has 1 aromatic heterocycles. The molecule has 0 bridgehead atoms. The fourth-order valence-corrected chi connectivity index (χ4v) is 1.59. The summed E-state index contributed by atoms with van der Waals surface area (Å²) in [6.45, 7) is 5.49. The van der Waals surface area contributed by atoms with Gasteiger partial charge in [0.2, 0.25) is 0 Å². The maximum atomic E-state index is 3.36. The van der Waals surface area contributed by atoms with E-state index in [1.54, 1.807) is 0 Å². The van der Waals surface area contributed by atoms with Gasteiger partial charge in [0.1, 0.15) is 0 Å². The van der Waals surface area contributed by atoms with Crippen LogP contribution >= 0.6 is 0 Å². The smallest absolute Gasteiger partial charge is 0.0360 e. The average Bonchev–Trinajstić information content (AvgIpc) is 2.46. The molecular weight excluding hydrogens is 136 g/mol. The zero-order valence-corrected chi connectivity index (χ0v) is 6.93. The van der Waals surface area contributed by atoms with Crippen LogP contribution < -0.4 is 5.32 Å². The summed E-state index contributed by atoms with van der Waals surface area (Å²) in [6.07, 6.45) is 3.43. The van der Waals surface area contributed by atoms with E-state index in [1.807, 2.05) is 0 Å². The van der Waals surface area contributed by atoms with Crippen LogP contribution in [0, 0.1) is 0 Å². The largest absolute Gasteiger partial charge is 0.349 e. The van der Waals surface area contributed by atoms with E-state index >= 15 is 0 Å². The lowest BCUT2D eigenvalue weighted by atomic mass is 10.2. The quantitative estimate of drug-likeness (QED) is 0.635. The second-order valence-electron chi connectivity index (χ2n) is 3.06. The van der Waals surface area contributed by atoms with Crippen LogP contribution in [0.2, 0.25) is 0 Å². The predicted molar refractivity (Wildman–Crippen MR) is 45.5 cm³/mol. The highest BCUT2D eigenvalue weighted by atomic mass is 15.1. The summed E-state index contributed by atoms with van der Waals surface area (Å²) in [6, 6.07) is 2.30. The van der Waals surface area contributed by atoms with E-state index in [4.69, 9.17) is 0 Å². The minimum atomic E-state index is 1.04. The van der Waals surface area contributed by atoms with Crippen molar-refractivity contribution in [3.8, 4) is 0 Å². The van der Waals surface area contributed by atoms with Crippen molar-refractivity contribution in [3.63, 3.8) is 0 Å². The molecular formula is C9H14N2. The van der Waals surface area contributed by atoms with Crippen molar-refractivity contribution in [2.24, 2.45) is 0 Å². The van der Waals surface area contributed by atoms with E-state index in [9.17, 15) is 0 Å². The van der Waals surface area contributed by atoms with Gasteiger partial charge in [-0.3, -0.25) is 0 Å². The van der Waals surface area contributed by atoms with Crippen LogP contribution in [-0.4, -0.2) is 11.1 Å². The van der Waals surface area contributed by atoms with Crippen LogP contribution in [0.5, 0.6) is 0 Å². The predicted octanol–water partition coefficient (Wildman–Crippen LogP) is 1.15. The maximum absolute atomic E-state index is 3.36. The summed E-state index contributed by atoms with van der Waals surface area (Å²) in [4.78, 5) is 0. The molecule has 0 amide bonds. The Morgan fingerprint density at radius 1 is 1.64 bits per heavy atom. The van der Waals surface area contributed by atoms with Gasteiger partial charge in [-0.1, -0.05) is 6.92 Å². The molecule has 0 aliphatic carbocycles. The van der Waals surface area contributed by atoms with Crippen LogP contribution in [0.1, 0.15) is 18.2 Å². The van der Waals surface area contributed by atoms with Gasteiger partial charge >= 0.3 is 0 Å². The third-order valence-corrected chi connectivity index (χ3v) is 2.29. The van der Waals surface area contributed by atoms with E-state index in [0.29, 0.717) is 0 Å². The fourth-order valence-electron chi connectivity index (χ4n) is 1.59. The highest BCUT2D eigenvalue weighted by Crippen LogP contribution is 2.11. The molecule has 0 saturated heterocycles. The molecule has 0 radical (unpaired) electrons. The number of nitrogens with zero attached hydrogens (tertiary/aromatic N) is 1. The summed E-state index contributed by atoms with van der Waals surface area (Å²) in [5.74, 6) is 0. The second-order valence-corrected chi connectivity index (χ2v) is 3.06. The van der Waals surface area contributed by atoms with Gasteiger partial charge in [0, 0.05) is 31.5 Å². The van der Waals surface area contributed by atoms with Crippen LogP contribution in [0.25, 0.3) is 0 Å². The van der Waals surface area contributed by atoms with Crippen LogP contribution in [-0.2, 0) is 19.5 Å². The zero-order chi connectivity index (χ0) is 7.68. The summed E-state index contributed by atoms with van der Waals surface area (Å²) in [5.41, 5.74) is 2.90. The molecule has 0 aromatic carbocycles. The molecule has 2 heterocycles. The molecule has 1 N–H and O–H groups in total. The maximum Gasteiger partial charge on any atom is 0.0360 e. The molecule has 60 valence electrons. The molecule has 1 aliphatic rings. The van der Waals surface area contributed by atoms with Gasteiger partial charge in [-0.05, 0) is 18.1 Å². The molecule has 1 aromatic rings.